The van der Waals surface area contributed by atoms with E-state index in [2.05, 4.69) is 40.8 Å². The van der Waals surface area contributed by atoms with E-state index in [9.17, 15) is 18.0 Å². The van der Waals surface area contributed by atoms with Gasteiger partial charge in [0.2, 0.25) is 0 Å². The van der Waals surface area contributed by atoms with Crippen molar-refractivity contribution in [1.29, 1.82) is 0 Å². The maximum absolute atomic E-state index is 13.9. The Morgan fingerprint density at radius 1 is 1.11 bits per heavy atom. The molecule has 4 aromatic heterocycles. The highest BCUT2D eigenvalue weighted by molar-refractivity contribution is 9.10. The van der Waals surface area contributed by atoms with Crippen molar-refractivity contribution in [3.8, 4) is 0 Å². The molecule has 0 saturated carbocycles. The predicted octanol–water partition coefficient (Wildman–Crippen LogP) is 4.90. The molecule has 1 amide bonds. The zero-order chi connectivity index (χ0) is 25.4. The van der Waals surface area contributed by atoms with Gasteiger partial charge in [0.15, 0.2) is 5.65 Å². The first kappa shape index (κ1) is 24.0. The molecular formula is C24H19BrF3N7O. The summed E-state index contributed by atoms with van der Waals surface area (Å²) >= 11 is 3.34. The highest BCUT2D eigenvalue weighted by Gasteiger charge is 2.33. The lowest BCUT2D eigenvalue weighted by Gasteiger charge is -2.34. The SMILES string of the molecule is Nc1nc2ncc(C(=O)N(Cc3ccc(C(F)(F)F)cn3)[C@@H]3CCCc4nccnc43)cc2cc1Br. The highest BCUT2D eigenvalue weighted by Crippen LogP contribution is 2.35. The van der Waals surface area contributed by atoms with Crippen molar-refractivity contribution in [3.63, 3.8) is 0 Å². The number of halogens is 4. The van der Waals surface area contributed by atoms with Crippen LogP contribution in [0, 0.1) is 0 Å². The van der Waals surface area contributed by atoms with E-state index in [1.807, 2.05) is 0 Å². The zero-order valence-electron chi connectivity index (χ0n) is 18.7. The van der Waals surface area contributed by atoms with Gasteiger partial charge in [-0.05, 0) is 59.5 Å². The third kappa shape index (κ3) is 4.72. The number of hydrogen-bond donors (Lipinski definition) is 1. The van der Waals surface area contributed by atoms with Gasteiger partial charge in [0.25, 0.3) is 5.91 Å². The molecule has 12 heteroatoms. The van der Waals surface area contributed by atoms with Crippen LogP contribution < -0.4 is 5.73 Å². The quantitative estimate of drug-likeness (QED) is 0.380. The number of nitrogen functional groups attached to an aromatic ring is 1. The topological polar surface area (TPSA) is 111 Å². The minimum Gasteiger partial charge on any atom is -0.383 e. The van der Waals surface area contributed by atoms with Crippen LogP contribution >= 0.6 is 15.9 Å². The summed E-state index contributed by atoms with van der Waals surface area (Å²) in [5, 5.41) is 0.610. The molecule has 0 aromatic carbocycles. The van der Waals surface area contributed by atoms with Crippen molar-refractivity contribution in [2.75, 3.05) is 5.73 Å². The van der Waals surface area contributed by atoms with Gasteiger partial charge in [-0.15, -0.1) is 0 Å². The molecule has 1 aliphatic rings. The first-order valence-electron chi connectivity index (χ1n) is 11.1. The minimum atomic E-state index is -4.50. The van der Waals surface area contributed by atoms with E-state index in [1.54, 1.807) is 29.4 Å². The lowest BCUT2D eigenvalue weighted by atomic mass is 9.93. The van der Waals surface area contributed by atoms with Crippen LogP contribution in [0.2, 0.25) is 0 Å². The monoisotopic (exact) mass is 557 g/mol. The number of nitrogens with two attached hydrogens (primary N) is 1. The Kier molecular flexibility index (Phi) is 6.29. The van der Waals surface area contributed by atoms with E-state index in [0.717, 1.165) is 30.8 Å². The summed E-state index contributed by atoms with van der Waals surface area (Å²) in [4.78, 5) is 36.8. The molecular weight excluding hydrogens is 539 g/mol. The second-order valence-corrected chi connectivity index (χ2v) is 9.25. The van der Waals surface area contributed by atoms with Crippen LogP contribution in [-0.2, 0) is 19.1 Å². The van der Waals surface area contributed by atoms with Gasteiger partial charge in [0.05, 0.1) is 45.3 Å². The fraction of sp³-hybridized carbons (Fsp3) is 0.250. The molecule has 0 fully saturated rings. The second-order valence-electron chi connectivity index (χ2n) is 8.39. The number of pyridine rings is 3. The van der Waals surface area contributed by atoms with Crippen molar-refractivity contribution in [3.05, 3.63) is 81.7 Å². The Balaban J connectivity index is 1.54. The Bertz CT molecular complexity index is 1450. The number of fused-ring (bicyclic) bond motifs is 2. The number of nitrogens with zero attached hydrogens (tertiary/aromatic N) is 6. The van der Waals surface area contributed by atoms with E-state index in [0.29, 0.717) is 38.9 Å². The molecule has 4 aromatic rings. The molecule has 0 saturated heterocycles. The number of hydrogen-bond acceptors (Lipinski definition) is 7. The van der Waals surface area contributed by atoms with E-state index < -0.39 is 17.8 Å². The van der Waals surface area contributed by atoms with Crippen LogP contribution in [-0.4, -0.2) is 35.7 Å². The van der Waals surface area contributed by atoms with Crippen LogP contribution in [0.15, 0.2) is 53.5 Å². The number of carbonyl (C=O) groups excluding carboxylic acids is 1. The van der Waals surface area contributed by atoms with E-state index in [4.69, 9.17) is 5.73 Å². The zero-order valence-corrected chi connectivity index (χ0v) is 20.3. The third-order valence-corrected chi connectivity index (χ3v) is 6.67. The van der Waals surface area contributed by atoms with Crippen molar-refractivity contribution in [1.82, 2.24) is 29.8 Å². The van der Waals surface area contributed by atoms with Crippen molar-refractivity contribution in [2.45, 2.75) is 38.0 Å². The van der Waals surface area contributed by atoms with Crippen molar-refractivity contribution < 1.29 is 18.0 Å². The minimum absolute atomic E-state index is 0.0145. The first-order valence-corrected chi connectivity index (χ1v) is 11.8. The molecule has 184 valence electrons. The summed E-state index contributed by atoms with van der Waals surface area (Å²) in [6, 6.07) is 5.21. The summed E-state index contributed by atoms with van der Waals surface area (Å²) in [6.45, 7) is -0.0145. The molecule has 0 radical (unpaired) electrons. The van der Waals surface area contributed by atoms with Crippen LogP contribution in [0.25, 0.3) is 11.0 Å². The number of aryl methyl sites for hydroxylation is 1. The van der Waals surface area contributed by atoms with Crippen molar-refractivity contribution in [2.24, 2.45) is 0 Å². The van der Waals surface area contributed by atoms with Gasteiger partial charge in [-0.1, -0.05) is 0 Å². The molecule has 0 aliphatic heterocycles. The Hall–Kier alpha value is -3.67. The number of amides is 1. The van der Waals surface area contributed by atoms with Crippen LogP contribution in [0.1, 0.15) is 51.9 Å². The highest BCUT2D eigenvalue weighted by atomic mass is 79.9. The maximum Gasteiger partial charge on any atom is 0.417 e. The predicted molar refractivity (Wildman–Crippen MR) is 128 cm³/mol. The average molecular weight is 558 g/mol. The van der Waals surface area contributed by atoms with Crippen LogP contribution in [0.3, 0.4) is 0 Å². The van der Waals surface area contributed by atoms with Gasteiger partial charge < -0.3 is 10.6 Å². The molecule has 1 atom stereocenters. The van der Waals surface area contributed by atoms with Gasteiger partial charge >= 0.3 is 6.18 Å². The summed E-state index contributed by atoms with van der Waals surface area (Å²) < 4.78 is 39.7. The lowest BCUT2D eigenvalue weighted by Crippen LogP contribution is -2.37. The second kappa shape index (κ2) is 9.41. The summed E-state index contributed by atoms with van der Waals surface area (Å²) in [5.41, 5.74) is 7.46. The fourth-order valence-electron chi connectivity index (χ4n) is 4.27. The molecule has 4 heterocycles. The smallest absolute Gasteiger partial charge is 0.383 e. The number of rotatable bonds is 4. The standard InChI is InChI=1S/C24H19BrF3N7O/c25-17-9-13-8-14(10-33-22(13)34-21(17)29)23(36)35(12-16-5-4-15(11-32-16)24(26,27)28)19-3-1-2-18-20(19)31-7-6-30-18/h4-11,19H,1-3,12H2,(H2,29,33,34)/t19-/m1/s1. The molecule has 36 heavy (non-hydrogen) atoms. The number of alkyl halides is 3. The average Bonchev–Trinajstić information content (AvgIpc) is 2.87. The molecule has 2 N–H and O–H groups in total. The Morgan fingerprint density at radius 3 is 2.67 bits per heavy atom. The third-order valence-electron chi connectivity index (χ3n) is 6.03. The van der Waals surface area contributed by atoms with E-state index in [1.165, 1.54) is 12.3 Å². The number of aromatic nitrogens is 5. The van der Waals surface area contributed by atoms with Gasteiger partial charge in [-0.2, -0.15) is 13.2 Å². The number of carbonyl (C=O) groups is 1. The molecule has 0 spiro atoms. The number of anilines is 1. The van der Waals surface area contributed by atoms with Crippen LogP contribution in [0.5, 0.6) is 0 Å². The summed E-state index contributed by atoms with van der Waals surface area (Å²) in [5.74, 6) is -0.0796. The van der Waals surface area contributed by atoms with Gasteiger partial charge in [-0.3, -0.25) is 19.7 Å². The molecule has 0 bridgehead atoms. The fourth-order valence-corrected chi connectivity index (χ4v) is 4.61. The molecule has 8 nitrogen and oxygen atoms in total. The Labute approximate surface area is 211 Å². The molecule has 5 rings (SSSR count). The van der Waals surface area contributed by atoms with E-state index in [-0.39, 0.29) is 18.3 Å². The van der Waals surface area contributed by atoms with Gasteiger partial charge in [-0.25, -0.2) is 9.97 Å². The largest absolute Gasteiger partial charge is 0.417 e. The summed E-state index contributed by atoms with van der Waals surface area (Å²) in [6.07, 6.45) is 3.02. The Morgan fingerprint density at radius 2 is 1.92 bits per heavy atom. The summed E-state index contributed by atoms with van der Waals surface area (Å²) in [7, 11) is 0. The maximum atomic E-state index is 13.9. The normalized spacial score (nSPS) is 15.5. The molecule has 0 unspecified atom stereocenters. The van der Waals surface area contributed by atoms with Gasteiger partial charge in [0, 0.05) is 30.2 Å². The van der Waals surface area contributed by atoms with E-state index >= 15 is 0 Å². The van der Waals surface area contributed by atoms with Crippen LogP contribution in [0.4, 0.5) is 19.0 Å². The van der Waals surface area contributed by atoms with Gasteiger partial charge in [0.1, 0.15) is 5.82 Å². The lowest BCUT2D eigenvalue weighted by molar-refractivity contribution is -0.137. The first-order chi connectivity index (χ1) is 17.2. The molecule has 1 aliphatic carbocycles. The van der Waals surface area contributed by atoms with Crippen molar-refractivity contribution >= 4 is 38.7 Å².